The highest BCUT2D eigenvalue weighted by Crippen LogP contribution is 2.01. The number of nitrogens with zero attached hydrogens (tertiary/aromatic N) is 1. The molecule has 1 rings (SSSR count). The predicted molar refractivity (Wildman–Crippen MR) is 58.3 cm³/mol. The summed E-state index contributed by atoms with van der Waals surface area (Å²) < 4.78 is 5.19. The van der Waals surface area contributed by atoms with E-state index in [1.54, 1.807) is 0 Å². The molecule has 0 aromatic carbocycles. The quantitative estimate of drug-likeness (QED) is 0.658. The SMILES string of the molecule is C#CC(C)NC(C)C(=O)N1CCOCC1. The minimum Gasteiger partial charge on any atom is -0.378 e. The van der Waals surface area contributed by atoms with Crippen LogP contribution < -0.4 is 5.32 Å². The van der Waals surface area contributed by atoms with Crippen LogP contribution in [0, 0.1) is 12.3 Å². The van der Waals surface area contributed by atoms with Gasteiger partial charge in [-0.1, -0.05) is 5.92 Å². The van der Waals surface area contributed by atoms with Crippen molar-refractivity contribution in [3.05, 3.63) is 0 Å². The Kier molecular flexibility index (Phi) is 4.60. The highest BCUT2D eigenvalue weighted by atomic mass is 16.5. The Bertz CT molecular complexity index is 254. The largest absolute Gasteiger partial charge is 0.378 e. The van der Waals surface area contributed by atoms with E-state index in [0.29, 0.717) is 26.3 Å². The Morgan fingerprint density at radius 2 is 2.07 bits per heavy atom. The van der Waals surface area contributed by atoms with Crippen molar-refractivity contribution in [1.82, 2.24) is 10.2 Å². The molecular formula is C11H18N2O2. The number of ether oxygens (including phenoxy) is 1. The lowest BCUT2D eigenvalue weighted by Crippen LogP contribution is -2.50. The Balaban J connectivity index is 2.41. The first-order valence-corrected chi connectivity index (χ1v) is 5.24. The molecule has 15 heavy (non-hydrogen) atoms. The van der Waals surface area contributed by atoms with Gasteiger partial charge in [-0.05, 0) is 13.8 Å². The van der Waals surface area contributed by atoms with Crippen LogP contribution in [0.25, 0.3) is 0 Å². The Labute approximate surface area is 91.0 Å². The van der Waals surface area contributed by atoms with Gasteiger partial charge in [0, 0.05) is 13.1 Å². The van der Waals surface area contributed by atoms with Crippen LogP contribution in [0.4, 0.5) is 0 Å². The summed E-state index contributed by atoms with van der Waals surface area (Å²) in [6, 6.07) is -0.306. The van der Waals surface area contributed by atoms with E-state index < -0.39 is 0 Å². The van der Waals surface area contributed by atoms with Crippen molar-refractivity contribution in [1.29, 1.82) is 0 Å². The van der Waals surface area contributed by atoms with Gasteiger partial charge in [0.2, 0.25) is 5.91 Å². The fraction of sp³-hybridized carbons (Fsp3) is 0.727. The summed E-state index contributed by atoms with van der Waals surface area (Å²) in [6.07, 6.45) is 5.24. The summed E-state index contributed by atoms with van der Waals surface area (Å²) in [5, 5.41) is 3.06. The van der Waals surface area contributed by atoms with Gasteiger partial charge >= 0.3 is 0 Å². The Hall–Kier alpha value is -1.05. The summed E-state index contributed by atoms with van der Waals surface area (Å²) in [4.78, 5) is 13.7. The molecule has 2 atom stereocenters. The fourth-order valence-electron chi connectivity index (χ4n) is 1.55. The maximum atomic E-state index is 11.9. The summed E-state index contributed by atoms with van der Waals surface area (Å²) in [5.74, 6) is 2.64. The van der Waals surface area contributed by atoms with E-state index in [1.165, 1.54) is 0 Å². The molecule has 0 saturated carbocycles. The third kappa shape index (κ3) is 3.54. The van der Waals surface area contributed by atoms with Gasteiger partial charge in [-0.3, -0.25) is 10.1 Å². The minimum atomic E-state index is -0.228. The maximum Gasteiger partial charge on any atom is 0.239 e. The zero-order chi connectivity index (χ0) is 11.3. The van der Waals surface area contributed by atoms with E-state index in [9.17, 15) is 4.79 Å². The van der Waals surface area contributed by atoms with Crippen LogP contribution in [0.1, 0.15) is 13.8 Å². The molecule has 1 fully saturated rings. The molecule has 0 aliphatic carbocycles. The number of hydrogen-bond acceptors (Lipinski definition) is 3. The van der Waals surface area contributed by atoms with Crippen LogP contribution >= 0.6 is 0 Å². The molecule has 0 aromatic rings. The third-order valence-corrected chi connectivity index (χ3v) is 2.44. The van der Waals surface area contributed by atoms with Crippen LogP contribution in [-0.4, -0.2) is 49.2 Å². The van der Waals surface area contributed by atoms with Crippen molar-refractivity contribution < 1.29 is 9.53 Å². The zero-order valence-electron chi connectivity index (χ0n) is 9.32. The van der Waals surface area contributed by atoms with Crippen molar-refractivity contribution in [2.75, 3.05) is 26.3 Å². The standard InChI is InChI=1S/C11H18N2O2/c1-4-9(2)12-10(3)11(14)13-5-7-15-8-6-13/h1,9-10,12H,5-8H2,2-3H3. The summed E-state index contributed by atoms with van der Waals surface area (Å²) in [7, 11) is 0. The molecule has 1 aliphatic rings. The van der Waals surface area contributed by atoms with Gasteiger partial charge in [-0.25, -0.2) is 0 Å². The van der Waals surface area contributed by atoms with E-state index in [1.807, 2.05) is 18.7 Å². The average molecular weight is 210 g/mol. The second-order valence-electron chi connectivity index (χ2n) is 3.71. The van der Waals surface area contributed by atoms with Crippen molar-refractivity contribution >= 4 is 5.91 Å². The van der Waals surface area contributed by atoms with E-state index in [0.717, 1.165) is 0 Å². The average Bonchev–Trinajstić information content (AvgIpc) is 2.29. The number of rotatable bonds is 3. The molecule has 0 bridgehead atoms. The summed E-state index contributed by atoms with van der Waals surface area (Å²) >= 11 is 0. The van der Waals surface area contributed by atoms with E-state index in [4.69, 9.17) is 11.2 Å². The lowest BCUT2D eigenvalue weighted by atomic mass is 10.2. The van der Waals surface area contributed by atoms with Crippen LogP contribution in [0.15, 0.2) is 0 Å². The molecule has 0 spiro atoms. The molecule has 1 heterocycles. The topological polar surface area (TPSA) is 41.6 Å². The van der Waals surface area contributed by atoms with Crippen molar-refractivity contribution in [3.8, 4) is 12.3 Å². The second-order valence-corrected chi connectivity index (χ2v) is 3.71. The second kappa shape index (κ2) is 5.74. The Morgan fingerprint density at radius 1 is 1.47 bits per heavy atom. The normalized spacial score (nSPS) is 20.5. The minimum absolute atomic E-state index is 0.0787. The van der Waals surface area contributed by atoms with Gasteiger partial charge in [0.1, 0.15) is 0 Å². The molecule has 0 radical (unpaired) electrons. The van der Waals surface area contributed by atoms with Gasteiger partial charge in [-0.15, -0.1) is 6.42 Å². The van der Waals surface area contributed by atoms with E-state index in [2.05, 4.69) is 11.2 Å². The van der Waals surface area contributed by atoms with Gasteiger partial charge in [0.25, 0.3) is 0 Å². The number of terminal acetylenes is 1. The van der Waals surface area contributed by atoms with Crippen LogP contribution in [0.3, 0.4) is 0 Å². The van der Waals surface area contributed by atoms with Crippen molar-refractivity contribution in [3.63, 3.8) is 0 Å². The van der Waals surface area contributed by atoms with Crippen LogP contribution in [-0.2, 0) is 9.53 Å². The fourth-order valence-corrected chi connectivity index (χ4v) is 1.55. The lowest BCUT2D eigenvalue weighted by molar-refractivity contribution is -0.137. The Morgan fingerprint density at radius 3 is 2.60 bits per heavy atom. The molecule has 0 aromatic heterocycles. The van der Waals surface area contributed by atoms with Crippen LogP contribution in [0.5, 0.6) is 0 Å². The molecular weight excluding hydrogens is 192 g/mol. The van der Waals surface area contributed by atoms with Crippen LogP contribution in [0.2, 0.25) is 0 Å². The smallest absolute Gasteiger partial charge is 0.239 e. The number of carbonyl (C=O) groups is 1. The molecule has 4 nitrogen and oxygen atoms in total. The maximum absolute atomic E-state index is 11.9. The van der Waals surface area contributed by atoms with Gasteiger partial charge in [-0.2, -0.15) is 0 Å². The molecule has 1 aliphatic heterocycles. The summed E-state index contributed by atoms with van der Waals surface area (Å²) in [5.41, 5.74) is 0. The third-order valence-electron chi connectivity index (χ3n) is 2.44. The van der Waals surface area contributed by atoms with Gasteiger partial charge in [0.05, 0.1) is 25.3 Å². The number of morpholine rings is 1. The first-order valence-electron chi connectivity index (χ1n) is 5.24. The van der Waals surface area contributed by atoms with Gasteiger partial charge in [0.15, 0.2) is 0 Å². The highest BCUT2D eigenvalue weighted by molar-refractivity contribution is 5.81. The molecule has 4 heteroatoms. The highest BCUT2D eigenvalue weighted by Gasteiger charge is 2.22. The predicted octanol–water partition coefficient (Wildman–Crippen LogP) is -0.155. The van der Waals surface area contributed by atoms with Crippen molar-refractivity contribution in [2.45, 2.75) is 25.9 Å². The first-order chi connectivity index (χ1) is 7.15. The molecule has 1 amide bonds. The van der Waals surface area contributed by atoms with E-state index in [-0.39, 0.29) is 18.0 Å². The monoisotopic (exact) mass is 210 g/mol. The lowest BCUT2D eigenvalue weighted by Gasteiger charge is -2.30. The number of carbonyl (C=O) groups excluding carboxylic acids is 1. The molecule has 84 valence electrons. The van der Waals surface area contributed by atoms with E-state index >= 15 is 0 Å². The number of amides is 1. The first kappa shape index (κ1) is 12.0. The van der Waals surface area contributed by atoms with Crippen molar-refractivity contribution in [2.24, 2.45) is 0 Å². The number of hydrogen-bond donors (Lipinski definition) is 1. The zero-order valence-corrected chi connectivity index (χ0v) is 9.32. The van der Waals surface area contributed by atoms with Gasteiger partial charge < -0.3 is 9.64 Å². The summed E-state index contributed by atoms with van der Waals surface area (Å²) in [6.45, 7) is 6.31. The molecule has 2 unspecified atom stereocenters. The molecule has 1 saturated heterocycles. The number of nitrogens with one attached hydrogen (secondary N) is 1. The molecule has 1 N–H and O–H groups in total.